The number of ether oxygens (including phenoxy) is 5. The van der Waals surface area contributed by atoms with Gasteiger partial charge in [0, 0.05) is 0 Å². The molecule has 11 N–H and O–H groups in total. The van der Waals surface area contributed by atoms with Crippen LogP contribution >= 0.6 is 0 Å². The molecule has 15 atom stereocenters. The summed E-state index contributed by atoms with van der Waals surface area (Å²) in [7, 11) is 0. The molecular formula is C18H33NO14. The van der Waals surface area contributed by atoms with Crippen LogP contribution in [0.2, 0.25) is 0 Å². The van der Waals surface area contributed by atoms with Gasteiger partial charge >= 0.3 is 0 Å². The molecule has 3 rings (SSSR count). The Morgan fingerprint density at radius 1 is 0.636 bits per heavy atom. The molecule has 15 heteroatoms. The van der Waals surface area contributed by atoms with Gasteiger partial charge in [-0.3, -0.25) is 0 Å². The van der Waals surface area contributed by atoms with Crippen LogP contribution in [0.5, 0.6) is 0 Å². The summed E-state index contributed by atoms with van der Waals surface area (Å²) in [6.45, 7) is -0.0152. The van der Waals surface area contributed by atoms with Crippen LogP contribution in [-0.2, 0) is 23.7 Å². The van der Waals surface area contributed by atoms with Gasteiger partial charge in [0.25, 0.3) is 0 Å². The molecule has 3 heterocycles. The van der Waals surface area contributed by atoms with E-state index in [1.807, 2.05) is 0 Å². The average Bonchev–Trinajstić information content (AvgIpc) is 2.80. The topological polar surface area (TPSA) is 254 Å². The van der Waals surface area contributed by atoms with Gasteiger partial charge in [-0.05, 0) is 6.92 Å². The Balaban J connectivity index is 1.83. The van der Waals surface area contributed by atoms with Crippen LogP contribution in [0.1, 0.15) is 6.92 Å². The van der Waals surface area contributed by atoms with Crippen molar-refractivity contribution in [3.05, 3.63) is 0 Å². The molecule has 3 fully saturated rings. The summed E-state index contributed by atoms with van der Waals surface area (Å²) in [5.74, 6) is 0. The zero-order valence-electron chi connectivity index (χ0n) is 17.7. The molecule has 0 amide bonds. The van der Waals surface area contributed by atoms with Crippen LogP contribution in [0, 0.1) is 0 Å². The normalized spacial score (nSPS) is 53.7. The minimum atomic E-state index is -1.79. The van der Waals surface area contributed by atoms with Crippen LogP contribution < -0.4 is 5.73 Å². The molecule has 0 aromatic carbocycles. The zero-order valence-corrected chi connectivity index (χ0v) is 17.7. The van der Waals surface area contributed by atoms with Crippen molar-refractivity contribution < 1.29 is 69.6 Å². The first-order valence-electron chi connectivity index (χ1n) is 10.5. The lowest BCUT2D eigenvalue weighted by Gasteiger charge is -2.48. The van der Waals surface area contributed by atoms with E-state index in [0.717, 1.165) is 0 Å². The van der Waals surface area contributed by atoms with Crippen molar-refractivity contribution >= 4 is 0 Å². The molecule has 0 aromatic rings. The maximum Gasteiger partial charge on any atom is 0.187 e. The molecule has 3 saturated heterocycles. The first-order valence-corrected chi connectivity index (χ1v) is 10.5. The predicted octanol–water partition coefficient (Wildman–Crippen LogP) is -6.58. The maximum atomic E-state index is 10.3. The molecule has 3 aliphatic rings. The Morgan fingerprint density at radius 2 is 1.15 bits per heavy atom. The lowest BCUT2D eigenvalue weighted by atomic mass is 9.95. The number of aliphatic hydroxyl groups is 9. The molecule has 9 unspecified atom stereocenters. The van der Waals surface area contributed by atoms with Gasteiger partial charge in [-0.1, -0.05) is 0 Å². The Labute approximate surface area is 188 Å². The van der Waals surface area contributed by atoms with Crippen molar-refractivity contribution in [2.24, 2.45) is 5.73 Å². The Bertz CT molecular complexity index is 629. The van der Waals surface area contributed by atoms with Gasteiger partial charge in [0.05, 0.1) is 25.4 Å². The Hall–Kier alpha value is -0.600. The van der Waals surface area contributed by atoms with Crippen LogP contribution in [0.15, 0.2) is 0 Å². The minimum absolute atomic E-state index is 0.715. The summed E-state index contributed by atoms with van der Waals surface area (Å²) < 4.78 is 27.3. The number of hydrogen-bond donors (Lipinski definition) is 10. The van der Waals surface area contributed by atoms with Crippen molar-refractivity contribution in [3.63, 3.8) is 0 Å². The highest BCUT2D eigenvalue weighted by Crippen LogP contribution is 2.32. The van der Waals surface area contributed by atoms with Crippen LogP contribution in [0.4, 0.5) is 0 Å². The largest absolute Gasteiger partial charge is 0.394 e. The Morgan fingerprint density at radius 3 is 1.73 bits per heavy atom. The summed E-state index contributed by atoms with van der Waals surface area (Å²) in [6, 6.07) is -1.35. The third-order valence-electron chi connectivity index (χ3n) is 6.13. The second-order valence-electron chi connectivity index (χ2n) is 8.41. The molecule has 0 aromatic heterocycles. The van der Waals surface area contributed by atoms with E-state index in [4.69, 9.17) is 29.4 Å². The average molecular weight is 487 g/mol. The summed E-state index contributed by atoms with van der Waals surface area (Å²) in [5.41, 5.74) is 5.99. The van der Waals surface area contributed by atoms with E-state index in [9.17, 15) is 46.0 Å². The van der Waals surface area contributed by atoms with Crippen LogP contribution in [-0.4, -0.2) is 151 Å². The highest BCUT2D eigenvalue weighted by Gasteiger charge is 2.53. The second kappa shape index (κ2) is 11.0. The predicted molar refractivity (Wildman–Crippen MR) is 102 cm³/mol. The van der Waals surface area contributed by atoms with E-state index in [1.54, 1.807) is 0 Å². The molecular weight excluding hydrogens is 454 g/mol. The number of aliphatic hydroxyl groups excluding tert-OH is 9. The fourth-order valence-electron chi connectivity index (χ4n) is 4.04. The summed E-state index contributed by atoms with van der Waals surface area (Å²) in [6.07, 6.45) is -21.1. The molecule has 33 heavy (non-hydrogen) atoms. The van der Waals surface area contributed by atoms with Gasteiger partial charge < -0.3 is 75.4 Å². The molecule has 15 nitrogen and oxygen atoms in total. The van der Waals surface area contributed by atoms with Crippen LogP contribution in [0.3, 0.4) is 0 Å². The lowest BCUT2D eigenvalue weighted by molar-refractivity contribution is -0.369. The monoisotopic (exact) mass is 487 g/mol. The van der Waals surface area contributed by atoms with E-state index in [-0.39, 0.29) is 0 Å². The van der Waals surface area contributed by atoms with E-state index in [1.165, 1.54) is 6.92 Å². The van der Waals surface area contributed by atoms with Gasteiger partial charge in [0.15, 0.2) is 18.9 Å². The Kier molecular flexibility index (Phi) is 8.99. The van der Waals surface area contributed by atoms with Gasteiger partial charge in [-0.2, -0.15) is 0 Å². The van der Waals surface area contributed by atoms with Crippen LogP contribution in [0.25, 0.3) is 0 Å². The zero-order chi connectivity index (χ0) is 24.6. The second-order valence-corrected chi connectivity index (χ2v) is 8.41. The molecule has 0 aliphatic carbocycles. The summed E-state index contributed by atoms with van der Waals surface area (Å²) in [4.78, 5) is 0. The van der Waals surface area contributed by atoms with Crippen molar-refractivity contribution in [2.45, 2.75) is 99.0 Å². The number of nitrogens with two attached hydrogens (primary N) is 1. The molecule has 0 saturated carbocycles. The first-order chi connectivity index (χ1) is 15.5. The van der Waals surface area contributed by atoms with Crippen molar-refractivity contribution in [1.29, 1.82) is 0 Å². The van der Waals surface area contributed by atoms with Gasteiger partial charge in [0.1, 0.15) is 61.0 Å². The summed E-state index contributed by atoms with van der Waals surface area (Å²) in [5, 5.41) is 89.7. The first kappa shape index (κ1) is 27.0. The molecule has 0 bridgehead atoms. The van der Waals surface area contributed by atoms with E-state index >= 15 is 0 Å². The summed E-state index contributed by atoms with van der Waals surface area (Å²) >= 11 is 0. The smallest absolute Gasteiger partial charge is 0.187 e. The fraction of sp³-hybridized carbons (Fsp3) is 1.00. The third-order valence-corrected chi connectivity index (χ3v) is 6.13. The highest BCUT2D eigenvalue weighted by atomic mass is 16.7. The van der Waals surface area contributed by atoms with E-state index in [0.29, 0.717) is 0 Å². The van der Waals surface area contributed by atoms with E-state index < -0.39 is 105 Å². The van der Waals surface area contributed by atoms with Crippen molar-refractivity contribution in [2.75, 3.05) is 13.2 Å². The number of rotatable bonds is 6. The van der Waals surface area contributed by atoms with Gasteiger partial charge in [-0.15, -0.1) is 0 Å². The van der Waals surface area contributed by atoms with Gasteiger partial charge in [-0.25, -0.2) is 0 Å². The van der Waals surface area contributed by atoms with Crippen molar-refractivity contribution in [3.8, 4) is 0 Å². The minimum Gasteiger partial charge on any atom is -0.394 e. The van der Waals surface area contributed by atoms with Crippen molar-refractivity contribution in [1.82, 2.24) is 0 Å². The maximum absolute atomic E-state index is 10.3. The van der Waals surface area contributed by atoms with Gasteiger partial charge in [0.2, 0.25) is 0 Å². The molecule has 3 aliphatic heterocycles. The standard InChI is InChI=1S/C18H33NO14/c1-4-8(22)10(24)12(26)17(29-4)33-15-7(19)16(28)30-6(3-21)14(15)32-18-13(27)11(25)9(23)5(2-20)31-18/h4-18,20-28H,2-3,19H2,1H3/t4?,5?,6?,7?,8-,9-,10?,11?,12?,13?,14-,15?,16+,17-,18-/m0/s1. The number of hydrogen-bond acceptors (Lipinski definition) is 15. The SMILES string of the molecule is CC1O[C@@H](OC2C(N)[C@H](O)OC(CO)[C@@H]2O[C@@H]2OC(CO)[C@H](O)C(O)C2O)C(O)C(O)[C@H]1O. The third kappa shape index (κ3) is 5.32. The fourth-order valence-corrected chi connectivity index (χ4v) is 4.04. The molecule has 0 radical (unpaired) electrons. The highest BCUT2D eigenvalue weighted by molar-refractivity contribution is 4.97. The lowest BCUT2D eigenvalue weighted by Crippen LogP contribution is -2.68. The van der Waals surface area contributed by atoms with E-state index in [2.05, 4.69) is 0 Å². The molecule has 0 spiro atoms. The quantitative estimate of drug-likeness (QED) is 0.167. The molecule has 194 valence electrons.